The van der Waals surface area contributed by atoms with Crippen molar-refractivity contribution >= 4 is 0 Å². The van der Waals surface area contributed by atoms with Gasteiger partial charge in [-0.15, -0.1) is 0 Å². The second kappa shape index (κ2) is 5.63. The Hall–Kier alpha value is -0.890. The molecule has 1 aromatic carbocycles. The number of nitrogens with two attached hydrogens (primary N) is 1. The summed E-state index contributed by atoms with van der Waals surface area (Å²) >= 11 is 0. The van der Waals surface area contributed by atoms with Gasteiger partial charge in [0, 0.05) is 11.5 Å². The molecule has 1 aliphatic carbocycles. The first-order valence-electron chi connectivity index (χ1n) is 6.74. The third-order valence-corrected chi connectivity index (χ3v) is 4.34. The van der Waals surface area contributed by atoms with E-state index < -0.39 is 0 Å². The molecule has 0 heterocycles. The van der Waals surface area contributed by atoms with E-state index in [9.17, 15) is 4.39 Å². The van der Waals surface area contributed by atoms with Gasteiger partial charge in [0.25, 0.3) is 0 Å². The summed E-state index contributed by atoms with van der Waals surface area (Å²) in [7, 11) is 0. The molecule has 0 bridgehead atoms. The van der Waals surface area contributed by atoms with Gasteiger partial charge in [0.2, 0.25) is 0 Å². The van der Waals surface area contributed by atoms with Crippen LogP contribution in [0.3, 0.4) is 0 Å². The van der Waals surface area contributed by atoms with E-state index in [1.54, 1.807) is 12.1 Å². The Morgan fingerprint density at radius 2 is 1.88 bits per heavy atom. The summed E-state index contributed by atoms with van der Waals surface area (Å²) < 4.78 is 12.8. The zero-order chi connectivity index (χ0) is 12.3. The normalized spacial score (nSPS) is 29.2. The Labute approximate surface area is 103 Å². The molecule has 17 heavy (non-hydrogen) atoms. The Morgan fingerprint density at radius 1 is 1.18 bits per heavy atom. The minimum Gasteiger partial charge on any atom is -0.340 e. The van der Waals surface area contributed by atoms with Crippen LogP contribution in [0.1, 0.15) is 38.7 Å². The molecule has 0 saturated heterocycles. The van der Waals surface area contributed by atoms with Crippen molar-refractivity contribution < 1.29 is 9.71 Å². The summed E-state index contributed by atoms with van der Waals surface area (Å²) in [6.07, 6.45) is 4.06. The van der Waals surface area contributed by atoms with Crippen LogP contribution < -0.4 is 5.32 Å². The molecule has 3 atom stereocenters. The summed E-state index contributed by atoms with van der Waals surface area (Å²) in [5.41, 5.74) is 1.22. The molecule has 1 aliphatic rings. The smallest absolute Gasteiger partial charge is 0.123 e. The van der Waals surface area contributed by atoms with Gasteiger partial charge >= 0.3 is 0 Å². The average Bonchev–Trinajstić information content (AvgIpc) is 2.33. The van der Waals surface area contributed by atoms with E-state index in [1.807, 2.05) is 12.1 Å². The maximum absolute atomic E-state index is 12.8. The molecular weight excluding hydrogens is 213 g/mol. The highest BCUT2D eigenvalue weighted by molar-refractivity contribution is 5.14. The summed E-state index contributed by atoms with van der Waals surface area (Å²) in [4.78, 5) is 0. The number of hydrogen-bond donors (Lipinski definition) is 1. The first kappa shape index (κ1) is 12.6. The SMILES string of the molecule is C[C@H]1[C@@H]([NH2+]Cc2ccc(F)cc2)CCC[C@@H]1C. The maximum Gasteiger partial charge on any atom is 0.123 e. The Morgan fingerprint density at radius 3 is 2.59 bits per heavy atom. The number of benzene rings is 1. The highest BCUT2D eigenvalue weighted by Crippen LogP contribution is 2.27. The van der Waals surface area contributed by atoms with E-state index in [4.69, 9.17) is 0 Å². The van der Waals surface area contributed by atoms with E-state index in [2.05, 4.69) is 19.2 Å². The maximum atomic E-state index is 12.8. The third-order valence-electron chi connectivity index (χ3n) is 4.34. The van der Waals surface area contributed by atoms with Crippen LogP contribution in [0, 0.1) is 17.7 Å². The van der Waals surface area contributed by atoms with Crippen molar-refractivity contribution in [1.82, 2.24) is 0 Å². The summed E-state index contributed by atoms with van der Waals surface area (Å²) in [6.45, 7) is 5.71. The number of rotatable bonds is 3. The fraction of sp³-hybridized carbons (Fsp3) is 0.600. The van der Waals surface area contributed by atoms with Crippen molar-refractivity contribution in [3.8, 4) is 0 Å². The van der Waals surface area contributed by atoms with Crippen molar-refractivity contribution in [2.45, 2.75) is 45.7 Å². The van der Waals surface area contributed by atoms with Crippen molar-refractivity contribution in [3.63, 3.8) is 0 Å². The van der Waals surface area contributed by atoms with Crippen LogP contribution in [0.25, 0.3) is 0 Å². The van der Waals surface area contributed by atoms with Crippen molar-refractivity contribution in [1.29, 1.82) is 0 Å². The number of quaternary nitrogens is 1. The lowest BCUT2D eigenvalue weighted by Crippen LogP contribution is -2.90. The van der Waals surface area contributed by atoms with Crippen LogP contribution in [-0.2, 0) is 6.54 Å². The topological polar surface area (TPSA) is 16.6 Å². The minimum absolute atomic E-state index is 0.145. The highest BCUT2D eigenvalue weighted by Gasteiger charge is 2.29. The minimum atomic E-state index is -0.145. The van der Waals surface area contributed by atoms with E-state index in [-0.39, 0.29) is 5.82 Å². The van der Waals surface area contributed by atoms with E-state index in [0.717, 1.165) is 24.4 Å². The van der Waals surface area contributed by atoms with E-state index >= 15 is 0 Å². The van der Waals surface area contributed by atoms with Gasteiger partial charge in [-0.2, -0.15) is 0 Å². The van der Waals surface area contributed by atoms with Gasteiger partial charge in [-0.25, -0.2) is 4.39 Å². The molecule has 2 N–H and O–H groups in total. The van der Waals surface area contributed by atoms with Gasteiger partial charge in [-0.3, -0.25) is 0 Å². The zero-order valence-corrected chi connectivity index (χ0v) is 10.8. The van der Waals surface area contributed by atoms with Gasteiger partial charge in [-0.05, 0) is 37.3 Å². The molecule has 0 aliphatic heterocycles. The lowest BCUT2D eigenvalue weighted by atomic mass is 9.78. The molecule has 1 fully saturated rings. The van der Waals surface area contributed by atoms with Crippen LogP contribution in [0.5, 0.6) is 0 Å². The molecule has 2 heteroatoms. The van der Waals surface area contributed by atoms with Crippen LogP contribution in [0.4, 0.5) is 4.39 Å². The zero-order valence-electron chi connectivity index (χ0n) is 10.8. The first-order valence-corrected chi connectivity index (χ1v) is 6.74. The molecule has 2 rings (SSSR count). The van der Waals surface area contributed by atoms with Gasteiger partial charge < -0.3 is 5.32 Å². The molecule has 0 unspecified atom stereocenters. The lowest BCUT2D eigenvalue weighted by Gasteiger charge is -2.32. The fourth-order valence-corrected chi connectivity index (χ4v) is 2.86. The highest BCUT2D eigenvalue weighted by atomic mass is 19.1. The quantitative estimate of drug-likeness (QED) is 0.831. The Kier molecular flexibility index (Phi) is 4.16. The molecule has 1 saturated carbocycles. The van der Waals surface area contributed by atoms with E-state index in [1.165, 1.54) is 24.8 Å². The molecule has 1 nitrogen and oxygen atoms in total. The molecule has 1 aromatic rings. The molecule has 0 spiro atoms. The monoisotopic (exact) mass is 236 g/mol. The van der Waals surface area contributed by atoms with Crippen LogP contribution in [0.15, 0.2) is 24.3 Å². The van der Waals surface area contributed by atoms with Crippen molar-refractivity contribution in [3.05, 3.63) is 35.6 Å². The summed E-state index contributed by atoms with van der Waals surface area (Å²) in [5.74, 6) is 1.50. The molecule has 94 valence electrons. The summed E-state index contributed by atoms with van der Waals surface area (Å²) in [6, 6.07) is 7.63. The summed E-state index contributed by atoms with van der Waals surface area (Å²) in [5, 5.41) is 2.44. The molecule has 0 aromatic heterocycles. The van der Waals surface area contributed by atoms with Crippen LogP contribution in [0.2, 0.25) is 0 Å². The predicted octanol–water partition coefficient (Wildman–Crippen LogP) is 2.71. The van der Waals surface area contributed by atoms with E-state index in [0.29, 0.717) is 0 Å². The van der Waals surface area contributed by atoms with Crippen molar-refractivity contribution in [2.75, 3.05) is 0 Å². The fourth-order valence-electron chi connectivity index (χ4n) is 2.86. The van der Waals surface area contributed by atoms with Crippen LogP contribution >= 0.6 is 0 Å². The van der Waals surface area contributed by atoms with Gasteiger partial charge in [-0.1, -0.05) is 26.0 Å². The second-order valence-corrected chi connectivity index (χ2v) is 5.50. The second-order valence-electron chi connectivity index (χ2n) is 5.50. The lowest BCUT2D eigenvalue weighted by molar-refractivity contribution is -0.713. The van der Waals surface area contributed by atoms with Gasteiger partial charge in [0.1, 0.15) is 12.4 Å². The van der Waals surface area contributed by atoms with Crippen molar-refractivity contribution in [2.24, 2.45) is 11.8 Å². The first-order chi connectivity index (χ1) is 8.16. The van der Waals surface area contributed by atoms with Gasteiger partial charge in [0.05, 0.1) is 6.04 Å². The number of halogens is 1. The standard InChI is InChI=1S/C15H22FN/c1-11-4-3-5-15(12(11)2)17-10-13-6-8-14(16)9-7-13/h6-9,11-12,15,17H,3-5,10H2,1-2H3/p+1/t11-,12+,15-/m0/s1. The van der Waals surface area contributed by atoms with Crippen LogP contribution in [-0.4, -0.2) is 6.04 Å². The van der Waals surface area contributed by atoms with Gasteiger partial charge in [0.15, 0.2) is 0 Å². The average molecular weight is 236 g/mol. The number of hydrogen-bond acceptors (Lipinski definition) is 0. The largest absolute Gasteiger partial charge is 0.340 e. The predicted molar refractivity (Wildman–Crippen MR) is 68.0 cm³/mol. The molecule has 0 radical (unpaired) electrons. The molecular formula is C15H23FN+. The molecule has 0 amide bonds. The Bertz CT molecular complexity index is 346. The third kappa shape index (κ3) is 3.29. The Balaban J connectivity index is 1.87.